The summed E-state index contributed by atoms with van der Waals surface area (Å²) in [5.74, 6) is -0.402. The van der Waals surface area contributed by atoms with Gasteiger partial charge in [0.15, 0.2) is 0 Å². The third-order valence-corrected chi connectivity index (χ3v) is 2.39. The van der Waals surface area contributed by atoms with Crippen LogP contribution in [0.3, 0.4) is 0 Å². The maximum absolute atomic E-state index is 12.6. The maximum Gasteiger partial charge on any atom is 0.267 e. The molecule has 0 radical (unpaired) electrons. The summed E-state index contributed by atoms with van der Waals surface area (Å²) >= 11 is 0. The summed E-state index contributed by atoms with van der Waals surface area (Å²) in [6.07, 6.45) is 0.529. The average Bonchev–Trinajstić information content (AvgIpc) is 2.27. The minimum atomic E-state index is -2.72. The third kappa shape index (κ3) is 3.55. The number of phenols is 1. The summed E-state index contributed by atoms with van der Waals surface area (Å²) in [5, 5.41) is 9.39. The van der Waals surface area contributed by atoms with E-state index in [1.165, 1.54) is 18.5 Å². The Hall–Kier alpha value is -1.91. The van der Waals surface area contributed by atoms with Crippen molar-refractivity contribution in [3.05, 3.63) is 35.9 Å². The van der Waals surface area contributed by atoms with Crippen LogP contribution in [0.5, 0.6) is 5.75 Å². The lowest BCUT2D eigenvalue weighted by molar-refractivity contribution is 0.147. The van der Waals surface area contributed by atoms with Gasteiger partial charge in [-0.1, -0.05) is 6.08 Å². The molecule has 0 aliphatic carbocycles. The highest BCUT2D eigenvalue weighted by molar-refractivity contribution is 5.64. The minimum Gasteiger partial charge on any atom is -0.507 e. The van der Waals surface area contributed by atoms with E-state index < -0.39 is 17.7 Å². The zero-order chi connectivity index (χ0) is 13.7. The highest BCUT2D eigenvalue weighted by atomic mass is 19.3. The molecule has 0 heterocycles. The zero-order valence-electron chi connectivity index (χ0n) is 10.4. The SMILES string of the molecule is C=CCN(C)C=Nc1cc(C(F)F)c(O)cc1C. The summed E-state index contributed by atoms with van der Waals surface area (Å²) in [7, 11) is 1.80. The van der Waals surface area contributed by atoms with Gasteiger partial charge in [-0.25, -0.2) is 13.8 Å². The van der Waals surface area contributed by atoms with Crippen LogP contribution in [0.15, 0.2) is 29.8 Å². The van der Waals surface area contributed by atoms with Crippen LogP contribution in [0.25, 0.3) is 0 Å². The first-order valence-corrected chi connectivity index (χ1v) is 5.42. The van der Waals surface area contributed by atoms with Crippen molar-refractivity contribution in [3.8, 4) is 5.75 Å². The Balaban J connectivity index is 3.02. The highest BCUT2D eigenvalue weighted by Gasteiger charge is 2.14. The molecule has 3 nitrogen and oxygen atoms in total. The number of likely N-dealkylation sites (N-methyl/N-ethyl adjacent to an activating group) is 1. The summed E-state index contributed by atoms with van der Waals surface area (Å²) in [4.78, 5) is 5.88. The number of alkyl halides is 2. The Bertz CT molecular complexity index is 459. The molecule has 1 aromatic carbocycles. The average molecular weight is 254 g/mol. The second-order valence-corrected chi connectivity index (χ2v) is 3.97. The van der Waals surface area contributed by atoms with Crippen molar-refractivity contribution < 1.29 is 13.9 Å². The van der Waals surface area contributed by atoms with E-state index in [0.29, 0.717) is 17.8 Å². The van der Waals surface area contributed by atoms with Crippen molar-refractivity contribution in [2.24, 2.45) is 4.99 Å². The van der Waals surface area contributed by atoms with Gasteiger partial charge in [-0.05, 0) is 24.6 Å². The zero-order valence-corrected chi connectivity index (χ0v) is 10.4. The number of aryl methyl sites for hydroxylation is 1. The van der Waals surface area contributed by atoms with E-state index in [-0.39, 0.29) is 0 Å². The van der Waals surface area contributed by atoms with E-state index >= 15 is 0 Å². The largest absolute Gasteiger partial charge is 0.507 e. The summed E-state index contributed by atoms with van der Waals surface area (Å²) in [6.45, 7) is 5.90. The number of hydrogen-bond acceptors (Lipinski definition) is 2. The van der Waals surface area contributed by atoms with Crippen molar-refractivity contribution in [2.75, 3.05) is 13.6 Å². The second kappa shape index (κ2) is 6.14. The molecule has 0 amide bonds. The molecule has 5 heteroatoms. The summed E-state index contributed by atoms with van der Waals surface area (Å²) in [6, 6.07) is 2.50. The van der Waals surface area contributed by atoms with Crippen LogP contribution < -0.4 is 0 Å². The molecule has 0 aliphatic heterocycles. The summed E-state index contributed by atoms with van der Waals surface area (Å²) < 4.78 is 25.2. The molecule has 0 spiro atoms. The molecule has 0 fully saturated rings. The van der Waals surface area contributed by atoms with E-state index in [4.69, 9.17) is 0 Å². The predicted octanol–water partition coefficient (Wildman–Crippen LogP) is 3.42. The van der Waals surface area contributed by atoms with Gasteiger partial charge in [-0.3, -0.25) is 0 Å². The van der Waals surface area contributed by atoms with E-state index in [1.54, 1.807) is 24.9 Å². The minimum absolute atomic E-state index is 0.402. The number of benzene rings is 1. The molecule has 0 aromatic heterocycles. The molecule has 1 aromatic rings. The smallest absolute Gasteiger partial charge is 0.267 e. The molecule has 0 aliphatic rings. The van der Waals surface area contributed by atoms with E-state index in [2.05, 4.69) is 11.6 Å². The maximum atomic E-state index is 12.6. The van der Waals surface area contributed by atoms with Gasteiger partial charge in [0.25, 0.3) is 6.43 Å². The molecule has 18 heavy (non-hydrogen) atoms. The Kier molecular flexibility index (Phi) is 4.83. The van der Waals surface area contributed by atoms with E-state index in [9.17, 15) is 13.9 Å². The van der Waals surface area contributed by atoms with Crippen molar-refractivity contribution >= 4 is 12.0 Å². The Labute approximate surface area is 105 Å². The number of nitrogens with zero attached hydrogens (tertiary/aromatic N) is 2. The van der Waals surface area contributed by atoms with Crippen molar-refractivity contribution in [1.82, 2.24) is 4.90 Å². The van der Waals surface area contributed by atoms with Crippen LogP contribution in [0.2, 0.25) is 0 Å². The fourth-order valence-corrected chi connectivity index (χ4v) is 1.42. The molecule has 1 rings (SSSR count). The predicted molar refractivity (Wildman–Crippen MR) is 68.8 cm³/mol. The van der Waals surface area contributed by atoms with Gasteiger partial charge < -0.3 is 10.0 Å². The fraction of sp³-hybridized carbons (Fsp3) is 0.308. The molecular weight excluding hydrogens is 238 g/mol. The monoisotopic (exact) mass is 254 g/mol. The van der Waals surface area contributed by atoms with Crippen molar-refractivity contribution in [3.63, 3.8) is 0 Å². The van der Waals surface area contributed by atoms with Crippen LogP contribution >= 0.6 is 0 Å². The first-order chi connectivity index (χ1) is 8.45. The van der Waals surface area contributed by atoms with E-state index in [1.807, 2.05) is 0 Å². The fourth-order valence-electron chi connectivity index (χ4n) is 1.42. The van der Waals surface area contributed by atoms with Gasteiger partial charge in [0, 0.05) is 13.6 Å². The normalized spacial score (nSPS) is 11.2. The molecule has 98 valence electrons. The first kappa shape index (κ1) is 14.2. The van der Waals surface area contributed by atoms with Crippen LogP contribution in [0, 0.1) is 6.92 Å². The Morgan fingerprint density at radius 3 is 2.72 bits per heavy atom. The van der Waals surface area contributed by atoms with Gasteiger partial charge >= 0.3 is 0 Å². The van der Waals surface area contributed by atoms with Gasteiger partial charge in [-0.2, -0.15) is 0 Å². The van der Waals surface area contributed by atoms with Gasteiger partial charge in [0.05, 0.1) is 17.6 Å². The molecular formula is C13H16F2N2O. The van der Waals surface area contributed by atoms with Gasteiger partial charge in [0.1, 0.15) is 5.75 Å². The molecule has 1 N–H and O–H groups in total. The van der Waals surface area contributed by atoms with Crippen LogP contribution in [-0.4, -0.2) is 29.9 Å². The lowest BCUT2D eigenvalue weighted by Crippen LogP contribution is -2.15. The summed E-state index contributed by atoms with van der Waals surface area (Å²) in [5.41, 5.74) is 0.651. The van der Waals surface area contributed by atoms with Crippen LogP contribution in [-0.2, 0) is 0 Å². The van der Waals surface area contributed by atoms with Crippen LogP contribution in [0.1, 0.15) is 17.6 Å². The number of aromatic hydroxyl groups is 1. The topological polar surface area (TPSA) is 35.8 Å². The molecule has 0 saturated carbocycles. The molecule has 0 unspecified atom stereocenters. The highest BCUT2D eigenvalue weighted by Crippen LogP contribution is 2.33. The number of aliphatic imine (C=N–C) groups is 1. The molecule has 0 atom stereocenters. The third-order valence-electron chi connectivity index (χ3n) is 2.39. The van der Waals surface area contributed by atoms with E-state index in [0.717, 1.165) is 0 Å². The van der Waals surface area contributed by atoms with Crippen LogP contribution in [0.4, 0.5) is 14.5 Å². The van der Waals surface area contributed by atoms with Gasteiger partial charge in [-0.15, -0.1) is 6.58 Å². The van der Waals surface area contributed by atoms with Crippen molar-refractivity contribution in [1.29, 1.82) is 0 Å². The molecule has 0 bridgehead atoms. The quantitative estimate of drug-likeness (QED) is 0.496. The number of halogens is 2. The number of hydrogen-bond donors (Lipinski definition) is 1. The number of rotatable bonds is 5. The second-order valence-electron chi connectivity index (χ2n) is 3.97. The Morgan fingerprint density at radius 2 is 2.17 bits per heavy atom. The lowest BCUT2D eigenvalue weighted by atomic mass is 10.1. The number of phenolic OH excluding ortho intramolecular Hbond substituents is 1. The first-order valence-electron chi connectivity index (χ1n) is 5.42. The Morgan fingerprint density at radius 1 is 1.50 bits per heavy atom. The molecule has 0 saturated heterocycles. The van der Waals surface area contributed by atoms with Gasteiger partial charge in [0.2, 0.25) is 0 Å². The lowest BCUT2D eigenvalue weighted by Gasteiger charge is -2.11. The van der Waals surface area contributed by atoms with Crippen molar-refractivity contribution in [2.45, 2.75) is 13.3 Å². The standard InChI is InChI=1S/C13H16F2N2O/c1-4-5-17(3)8-16-11-7-10(13(14)15)12(18)6-9(11)2/h4,6-8,13,18H,1,5H2,2-3H3.